The highest BCUT2D eigenvalue weighted by atomic mass is 32.1. The number of aromatic nitrogens is 2. The van der Waals surface area contributed by atoms with Crippen molar-refractivity contribution < 1.29 is 4.74 Å². The Labute approximate surface area is 161 Å². The SMILES string of the molecule is COCCCN1C(=S)N[C@H](c2ccccn2)[C@H]1c1ccn(C(C)(C)C)c1. The minimum atomic E-state index is 0.0436. The van der Waals surface area contributed by atoms with Crippen LogP contribution in [0.5, 0.6) is 0 Å². The Kier molecular flexibility index (Phi) is 5.63. The summed E-state index contributed by atoms with van der Waals surface area (Å²) in [4.78, 5) is 6.85. The molecule has 2 atom stereocenters. The van der Waals surface area contributed by atoms with E-state index in [0.717, 1.165) is 30.4 Å². The van der Waals surface area contributed by atoms with Crippen LogP contribution in [0.4, 0.5) is 0 Å². The van der Waals surface area contributed by atoms with Crippen LogP contribution in [0.2, 0.25) is 0 Å². The summed E-state index contributed by atoms with van der Waals surface area (Å²) in [5.41, 5.74) is 2.31. The van der Waals surface area contributed by atoms with E-state index in [-0.39, 0.29) is 17.6 Å². The third kappa shape index (κ3) is 3.91. The molecule has 2 aromatic heterocycles. The maximum atomic E-state index is 5.66. The zero-order valence-electron chi connectivity index (χ0n) is 16.0. The Morgan fingerprint density at radius 3 is 2.69 bits per heavy atom. The lowest BCUT2D eigenvalue weighted by Gasteiger charge is -2.27. The average molecular weight is 373 g/mol. The average Bonchev–Trinajstić information content (AvgIpc) is 3.21. The minimum absolute atomic E-state index is 0.0436. The van der Waals surface area contributed by atoms with Crippen LogP contribution < -0.4 is 5.32 Å². The van der Waals surface area contributed by atoms with Crippen molar-refractivity contribution in [1.29, 1.82) is 0 Å². The molecule has 0 spiro atoms. The van der Waals surface area contributed by atoms with E-state index < -0.39 is 0 Å². The number of nitrogens with one attached hydrogen (secondary N) is 1. The van der Waals surface area contributed by atoms with E-state index in [1.165, 1.54) is 5.56 Å². The van der Waals surface area contributed by atoms with Crippen molar-refractivity contribution in [3.8, 4) is 0 Å². The van der Waals surface area contributed by atoms with E-state index in [0.29, 0.717) is 0 Å². The summed E-state index contributed by atoms with van der Waals surface area (Å²) < 4.78 is 7.49. The predicted molar refractivity (Wildman–Crippen MR) is 108 cm³/mol. The highest BCUT2D eigenvalue weighted by molar-refractivity contribution is 7.80. The van der Waals surface area contributed by atoms with Crippen LogP contribution in [0.3, 0.4) is 0 Å². The molecule has 3 heterocycles. The molecule has 26 heavy (non-hydrogen) atoms. The lowest BCUT2D eigenvalue weighted by Crippen LogP contribution is -2.31. The van der Waals surface area contributed by atoms with Gasteiger partial charge in [-0.25, -0.2) is 0 Å². The van der Waals surface area contributed by atoms with E-state index >= 15 is 0 Å². The first-order valence-electron chi connectivity index (χ1n) is 9.07. The van der Waals surface area contributed by atoms with Gasteiger partial charge in [0.15, 0.2) is 5.11 Å². The minimum Gasteiger partial charge on any atom is -0.385 e. The molecule has 0 radical (unpaired) electrons. The number of methoxy groups -OCH3 is 1. The number of pyridine rings is 1. The number of hydrogen-bond acceptors (Lipinski definition) is 3. The molecular weight excluding hydrogens is 344 g/mol. The number of thiocarbonyl (C=S) groups is 1. The van der Waals surface area contributed by atoms with Gasteiger partial charge in [0.2, 0.25) is 0 Å². The largest absolute Gasteiger partial charge is 0.385 e. The molecule has 1 aliphatic heterocycles. The molecule has 0 aromatic carbocycles. The van der Waals surface area contributed by atoms with Gasteiger partial charge in [-0.3, -0.25) is 4.98 Å². The van der Waals surface area contributed by atoms with E-state index in [2.05, 4.69) is 65.1 Å². The molecule has 0 bridgehead atoms. The smallest absolute Gasteiger partial charge is 0.170 e. The van der Waals surface area contributed by atoms with Crippen LogP contribution in [0.1, 0.15) is 50.5 Å². The third-order valence-corrected chi connectivity index (χ3v) is 5.13. The molecule has 5 nitrogen and oxygen atoms in total. The lowest BCUT2D eigenvalue weighted by atomic mass is 9.99. The number of hydrogen-bond donors (Lipinski definition) is 1. The van der Waals surface area contributed by atoms with Gasteiger partial charge in [0.25, 0.3) is 0 Å². The van der Waals surface area contributed by atoms with E-state index in [9.17, 15) is 0 Å². The summed E-state index contributed by atoms with van der Waals surface area (Å²) in [7, 11) is 1.73. The standard InChI is InChI=1S/C20H28N4OS/c1-20(2,3)23-12-9-15(14-23)18-17(16-8-5-6-10-21-16)22-19(26)24(18)11-7-13-25-4/h5-6,8-10,12,14,17-18H,7,11,13H2,1-4H3,(H,22,26)/t17-,18-/m1/s1. The number of nitrogens with zero attached hydrogens (tertiary/aromatic N) is 3. The molecule has 140 valence electrons. The fourth-order valence-corrected chi connectivity index (χ4v) is 3.73. The normalized spacial score (nSPS) is 20.5. The zero-order chi connectivity index (χ0) is 18.7. The molecule has 3 rings (SSSR count). The summed E-state index contributed by atoms with van der Waals surface area (Å²) in [6.07, 6.45) is 7.16. The van der Waals surface area contributed by atoms with Crippen molar-refractivity contribution in [2.75, 3.05) is 20.3 Å². The first-order valence-corrected chi connectivity index (χ1v) is 9.48. The topological polar surface area (TPSA) is 42.3 Å². The van der Waals surface area contributed by atoms with Gasteiger partial charge in [0.05, 0.1) is 17.8 Å². The van der Waals surface area contributed by atoms with Crippen molar-refractivity contribution in [3.05, 3.63) is 54.1 Å². The summed E-state index contributed by atoms with van der Waals surface area (Å²) >= 11 is 5.66. The number of rotatable bonds is 6. The summed E-state index contributed by atoms with van der Waals surface area (Å²) in [5, 5.41) is 4.27. The Morgan fingerprint density at radius 1 is 1.27 bits per heavy atom. The molecule has 2 aromatic rings. The van der Waals surface area contributed by atoms with Gasteiger partial charge in [-0.1, -0.05) is 6.07 Å². The molecule has 6 heteroatoms. The van der Waals surface area contributed by atoms with Crippen LogP contribution >= 0.6 is 12.2 Å². The molecular formula is C20H28N4OS. The van der Waals surface area contributed by atoms with Crippen LogP contribution in [-0.4, -0.2) is 39.8 Å². The van der Waals surface area contributed by atoms with Gasteiger partial charge in [-0.2, -0.15) is 0 Å². The van der Waals surface area contributed by atoms with Crippen LogP contribution in [0, 0.1) is 0 Å². The van der Waals surface area contributed by atoms with Crippen LogP contribution in [-0.2, 0) is 10.3 Å². The highest BCUT2D eigenvalue weighted by Crippen LogP contribution is 2.39. The molecule has 0 saturated carbocycles. The van der Waals surface area contributed by atoms with Gasteiger partial charge in [0, 0.05) is 44.4 Å². The second-order valence-corrected chi connectivity index (χ2v) is 8.08. The molecule has 1 aliphatic rings. The summed E-state index contributed by atoms with van der Waals surface area (Å²) in [5.74, 6) is 0. The molecule has 0 unspecified atom stereocenters. The molecule has 1 saturated heterocycles. The van der Waals surface area contributed by atoms with Crippen molar-refractivity contribution in [2.45, 2.75) is 44.8 Å². The fraction of sp³-hybridized carbons (Fsp3) is 0.500. The van der Waals surface area contributed by atoms with E-state index in [1.807, 2.05) is 18.3 Å². The molecule has 0 aliphatic carbocycles. The van der Waals surface area contributed by atoms with Crippen LogP contribution in [0.15, 0.2) is 42.9 Å². The van der Waals surface area contributed by atoms with Crippen molar-refractivity contribution in [2.24, 2.45) is 0 Å². The van der Waals surface area contributed by atoms with E-state index in [1.54, 1.807) is 7.11 Å². The summed E-state index contributed by atoms with van der Waals surface area (Å²) in [6.45, 7) is 8.21. The van der Waals surface area contributed by atoms with Gasteiger partial charge in [-0.05, 0) is 63.2 Å². The summed E-state index contributed by atoms with van der Waals surface area (Å²) in [6, 6.07) is 8.40. The first-order chi connectivity index (χ1) is 12.4. The Morgan fingerprint density at radius 2 is 2.08 bits per heavy atom. The maximum Gasteiger partial charge on any atom is 0.170 e. The van der Waals surface area contributed by atoms with Gasteiger partial charge in [-0.15, -0.1) is 0 Å². The van der Waals surface area contributed by atoms with Crippen LogP contribution in [0.25, 0.3) is 0 Å². The van der Waals surface area contributed by atoms with Gasteiger partial charge in [0.1, 0.15) is 0 Å². The van der Waals surface area contributed by atoms with E-state index in [4.69, 9.17) is 17.0 Å². The predicted octanol–water partition coefficient (Wildman–Crippen LogP) is 3.65. The first kappa shape index (κ1) is 18.9. The van der Waals surface area contributed by atoms with Gasteiger partial charge >= 0.3 is 0 Å². The zero-order valence-corrected chi connectivity index (χ0v) is 16.8. The fourth-order valence-electron chi connectivity index (χ4n) is 3.39. The number of ether oxygens (including phenoxy) is 1. The second-order valence-electron chi connectivity index (χ2n) is 7.69. The Bertz CT molecular complexity index is 738. The lowest BCUT2D eigenvalue weighted by molar-refractivity contribution is 0.180. The second kappa shape index (κ2) is 7.76. The Balaban J connectivity index is 1.95. The molecule has 0 amide bonds. The quantitative estimate of drug-likeness (QED) is 0.619. The monoisotopic (exact) mass is 372 g/mol. The molecule has 1 N–H and O–H groups in total. The van der Waals surface area contributed by atoms with Crippen molar-refractivity contribution in [1.82, 2.24) is 19.8 Å². The van der Waals surface area contributed by atoms with Gasteiger partial charge < -0.3 is 19.5 Å². The maximum absolute atomic E-state index is 5.66. The van der Waals surface area contributed by atoms with Crippen molar-refractivity contribution >= 4 is 17.3 Å². The molecule has 1 fully saturated rings. The highest BCUT2D eigenvalue weighted by Gasteiger charge is 2.40. The Hall–Kier alpha value is -1.92. The van der Waals surface area contributed by atoms with Crippen molar-refractivity contribution in [3.63, 3.8) is 0 Å². The third-order valence-electron chi connectivity index (χ3n) is 4.78.